The Morgan fingerprint density at radius 2 is 1.90 bits per heavy atom. The first kappa shape index (κ1) is 15.1. The minimum Gasteiger partial charge on any atom is -0.480 e. The lowest BCUT2D eigenvalue weighted by molar-refractivity contribution is -0.145. The number of urea groups is 1. The lowest BCUT2D eigenvalue weighted by Gasteiger charge is -2.36. The number of carboxylic acid groups (broad SMARTS) is 1. The second-order valence-corrected chi connectivity index (χ2v) is 5.86. The highest BCUT2D eigenvalue weighted by Crippen LogP contribution is 2.35. The van der Waals surface area contributed by atoms with Gasteiger partial charge in [-0.1, -0.05) is 0 Å². The number of piperidine rings is 1. The number of carbonyl (C=O) groups is 2. The summed E-state index contributed by atoms with van der Waals surface area (Å²) >= 11 is 0. The van der Waals surface area contributed by atoms with Crippen LogP contribution >= 0.6 is 0 Å². The van der Waals surface area contributed by atoms with Gasteiger partial charge in [-0.25, -0.2) is 9.59 Å². The van der Waals surface area contributed by atoms with E-state index >= 15 is 0 Å². The van der Waals surface area contributed by atoms with Gasteiger partial charge in [0.05, 0.1) is 6.10 Å². The number of hydrogen-bond acceptors (Lipinski definition) is 3. The number of hydrogen-bond donors (Lipinski definition) is 1. The van der Waals surface area contributed by atoms with Crippen molar-refractivity contribution in [2.24, 2.45) is 5.92 Å². The first-order valence-corrected chi connectivity index (χ1v) is 7.34. The molecular weight excluding hydrogens is 260 g/mol. The molecular formula is C14H24N2O4. The summed E-state index contributed by atoms with van der Waals surface area (Å²) < 4.78 is 5.28. The summed E-state index contributed by atoms with van der Waals surface area (Å²) in [6, 6.07) is 0.393. The molecule has 2 rings (SSSR count). The fourth-order valence-corrected chi connectivity index (χ4v) is 2.70. The quantitative estimate of drug-likeness (QED) is 0.828. The molecule has 1 saturated heterocycles. The largest absolute Gasteiger partial charge is 0.480 e. The maximum atomic E-state index is 12.4. The summed E-state index contributed by atoms with van der Waals surface area (Å²) in [6.07, 6.45) is 3.84. The Hall–Kier alpha value is -1.30. The van der Waals surface area contributed by atoms with Crippen LogP contribution in [0.5, 0.6) is 0 Å². The Kier molecular flexibility index (Phi) is 4.86. The van der Waals surface area contributed by atoms with Crippen LogP contribution in [0.3, 0.4) is 0 Å². The van der Waals surface area contributed by atoms with Crippen LogP contribution in [0, 0.1) is 5.92 Å². The van der Waals surface area contributed by atoms with Crippen molar-refractivity contribution in [2.75, 3.05) is 26.7 Å². The van der Waals surface area contributed by atoms with Gasteiger partial charge in [-0.2, -0.15) is 0 Å². The van der Waals surface area contributed by atoms with Crippen LogP contribution < -0.4 is 0 Å². The third kappa shape index (κ3) is 3.85. The van der Waals surface area contributed by atoms with Crippen molar-refractivity contribution in [3.63, 3.8) is 0 Å². The average molecular weight is 284 g/mol. The van der Waals surface area contributed by atoms with E-state index in [-0.39, 0.29) is 18.7 Å². The molecule has 1 saturated carbocycles. The standard InChI is InChI=1S/C14H24N2O4/c1-10(11-3-4-11)15(2)14(19)16-7-5-12(6-8-16)20-9-13(17)18/h10-12H,3-9H2,1-2H3,(H,17,18). The molecule has 114 valence electrons. The summed E-state index contributed by atoms with van der Waals surface area (Å²) in [4.78, 5) is 26.5. The minimum absolute atomic E-state index is 0.0405. The van der Waals surface area contributed by atoms with Gasteiger partial charge in [0.15, 0.2) is 0 Å². The Morgan fingerprint density at radius 3 is 2.40 bits per heavy atom. The minimum atomic E-state index is -0.943. The number of carbonyl (C=O) groups excluding carboxylic acids is 1. The molecule has 0 radical (unpaired) electrons. The zero-order valence-electron chi connectivity index (χ0n) is 12.2. The van der Waals surface area contributed by atoms with Crippen LogP contribution in [-0.2, 0) is 9.53 Å². The van der Waals surface area contributed by atoms with Crippen LogP contribution in [0.1, 0.15) is 32.6 Å². The van der Waals surface area contributed by atoms with Crippen LogP contribution in [-0.4, -0.2) is 65.8 Å². The van der Waals surface area contributed by atoms with Crippen molar-refractivity contribution in [3.8, 4) is 0 Å². The molecule has 6 nitrogen and oxygen atoms in total. The van der Waals surface area contributed by atoms with E-state index in [2.05, 4.69) is 6.92 Å². The first-order valence-electron chi connectivity index (χ1n) is 7.34. The van der Waals surface area contributed by atoms with Gasteiger partial charge >= 0.3 is 12.0 Å². The second-order valence-electron chi connectivity index (χ2n) is 5.86. The molecule has 2 amide bonds. The predicted molar refractivity (Wildman–Crippen MR) is 73.5 cm³/mol. The van der Waals surface area contributed by atoms with Gasteiger partial charge in [-0.05, 0) is 38.5 Å². The molecule has 1 heterocycles. The Bertz CT molecular complexity index is 362. The van der Waals surface area contributed by atoms with Gasteiger partial charge in [-0.3, -0.25) is 0 Å². The highest BCUT2D eigenvalue weighted by molar-refractivity contribution is 5.74. The molecule has 1 atom stereocenters. The second kappa shape index (κ2) is 6.43. The maximum Gasteiger partial charge on any atom is 0.329 e. The Balaban J connectivity index is 1.74. The number of ether oxygens (including phenoxy) is 1. The smallest absolute Gasteiger partial charge is 0.329 e. The molecule has 0 bridgehead atoms. The number of amides is 2. The van der Waals surface area contributed by atoms with Crippen molar-refractivity contribution in [2.45, 2.75) is 44.8 Å². The molecule has 0 spiro atoms. The van der Waals surface area contributed by atoms with Crippen molar-refractivity contribution >= 4 is 12.0 Å². The first-order chi connectivity index (χ1) is 9.49. The van der Waals surface area contributed by atoms with E-state index in [9.17, 15) is 9.59 Å². The average Bonchev–Trinajstić information content (AvgIpc) is 3.28. The van der Waals surface area contributed by atoms with E-state index < -0.39 is 5.97 Å². The zero-order valence-corrected chi connectivity index (χ0v) is 12.2. The van der Waals surface area contributed by atoms with E-state index in [1.165, 1.54) is 12.8 Å². The van der Waals surface area contributed by atoms with Gasteiger partial charge in [0, 0.05) is 26.2 Å². The van der Waals surface area contributed by atoms with Crippen LogP contribution in [0.2, 0.25) is 0 Å². The molecule has 0 aromatic heterocycles. The zero-order chi connectivity index (χ0) is 14.7. The van der Waals surface area contributed by atoms with E-state index in [1.807, 2.05) is 16.8 Å². The summed E-state index contributed by atoms with van der Waals surface area (Å²) in [6.45, 7) is 3.14. The van der Waals surface area contributed by atoms with E-state index in [4.69, 9.17) is 9.84 Å². The Morgan fingerprint density at radius 1 is 1.30 bits per heavy atom. The van der Waals surface area contributed by atoms with E-state index in [1.54, 1.807) is 0 Å². The van der Waals surface area contributed by atoms with Crippen molar-refractivity contribution in [1.29, 1.82) is 0 Å². The molecule has 6 heteroatoms. The number of nitrogens with zero attached hydrogens (tertiary/aromatic N) is 2. The Labute approximate surface area is 119 Å². The molecule has 0 aromatic rings. The normalized spacial score (nSPS) is 21.6. The molecule has 1 aliphatic heterocycles. The lowest BCUT2D eigenvalue weighted by atomic mass is 10.1. The van der Waals surface area contributed by atoms with Gasteiger partial charge in [0.2, 0.25) is 0 Å². The molecule has 1 N–H and O–H groups in total. The third-order valence-electron chi connectivity index (χ3n) is 4.37. The van der Waals surface area contributed by atoms with Crippen molar-refractivity contribution < 1.29 is 19.4 Å². The van der Waals surface area contributed by atoms with Crippen molar-refractivity contribution in [3.05, 3.63) is 0 Å². The highest BCUT2D eigenvalue weighted by atomic mass is 16.5. The molecule has 1 aliphatic carbocycles. The molecule has 2 fully saturated rings. The molecule has 1 unspecified atom stereocenters. The van der Waals surface area contributed by atoms with Crippen LogP contribution in [0.15, 0.2) is 0 Å². The van der Waals surface area contributed by atoms with Crippen LogP contribution in [0.4, 0.5) is 4.79 Å². The van der Waals surface area contributed by atoms with E-state index in [0.29, 0.717) is 37.9 Å². The van der Waals surface area contributed by atoms with Gasteiger partial charge < -0.3 is 19.6 Å². The third-order valence-corrected chi connectivity index (χ3v) is 4.37. The number of likely N-dealkylation sites (tertiary alicyclic amines) is 1. The summed E-state index contributed by atoms with van der Waals surface area (Å²) in [7, 11) is 1.87. The fraction of sp³-hybridized carbons (Fsp3) is 0.857. The molecule has 2 aliphatic rings. The van der Waals surface area contributed by atoms with Crippen molar-refractivity contribution in [1.82, 2.24) is 9.80 Å². The number of carboxylic acids is 1. The SMILES string of the molecule is CC(C1CC1)N(C)C(=O)N1CCC(OCC(=O)O)CC1. The van der Waals surface area contributed by atoms with E-state index in [0.717, 1.165) is 0 Å². The van der Waals surface area contributed by atoms with Crippen LogP contribution in [0.25, 0.3) is 0 Å². The summed E-state index contributed by atoms with van der Waals surface area (Å²) in [5.41, 5.74) is 0. The van der Waals surface area contributed by atoms with Gasteiger partial charge in [0.25, 0.3) is 0 Å². The molecule has 20 heavy (non-hydrogen) atoms. The summed E-state index contributed by atoms with van der Waals surface area (Å²) in [5.74, 6) is -0.276. The number of rotatable bonds is 5. The lowest BCUT2D eigenvalue weighted by Crippen LogP contribution is -2.49. The van der Waals surface area contributed by atoms with Gasteiger partial charge in [-0.15, -0.1) is 0 Å². The summed E-state index contributed by atoms with van der Waals surface area (Å²) in [5, 5.41) is 8.58. The fourth-order valence-electron chi connectivity index (χ4n) is 2.70. The highest BCUT2D eigenvalue weighted by Gasteiger charge is 2.34. The predicted octanol–water partition coefficient (Wildman–Crippen LogP) is 1.40. The number of aliphatic carboxylic acids is 1. The van der Waals surface area contributed by atoms with Gasteiger partial charge in [0.1, 0.15) is 6.61 Å². The topological polar surface area (TPSA) is 70.1 Å². The molecule has 0 aromatic carbocycles. The monoisotopic (exact) mass is 284 g/mol. The maximum absolute atomic E-state index is 12.4.